The number of halogens is 1. The Balaban J connectivity index is 1.66. The van der Waals surface area contributed by atoms with Crippen molar-refractivity contribution in [2.75, 3.05) is 11.9 Å². The summed E-state index contributed by atoms with van der Waals surface area (Å²) in [6, 6.07) is 20.5. The van der Waals surface area contributed by atoms with Gasteiger partial charge in [-0.3, -0.25) is 10.1 Å². The van der Waals surface area contributed by atoms with Gasteiger partial charge in [-0.1, -0.05) is 48.0 Å². The van der Waals surface area contributed by atoms with Crippen LogP contribution in [0.2, 0.25) is 5.02 Å². The number of nitrogens with one attached hydrogen (secondary N) is 2. The Hall–Kier alpha value is -3.91. The van der Waals surface area contributed by atoms with Crippen molar-refractivity contribution < 1.29 is 9.53 Å². The maximum absolute atomic E-state index is 13.3. The molecule has 2 aromatic heterocycles. The van der Waals surface area contributed by atoms with Crippen LogP contribution in [-0.2, 0) is 11.3 Å². The number of carbonyl (C=O) groups excluding carboxylic acids is 1. The molecule has 4 rings (SSSR count). The lowest BCUT2D eigenvalue weighted by atomic mass is 10.1. The molecule has 1 amide bonds. The highest BCUT2D eigenvalue weighted by molar-refractivity contribution is 6.30. The van der Waals surface area contributed by atoms with Crippen LogP contribution < -0.4 is 5.32 Å². The average Bonchev–Trinajstić information content (AvgIpc) is 3.34. The van der Waals surface area contributed by atoms with E-state index in [1.807, 2.05) is 81.4 Å². The molecule has 9 heteroatoms. The summed E-state index contributed by atoms with van der Waals surface area (Å²) >= 11 is 6.23. The number of anilines is 1. The normalized spacial score (nSPS) is 12.1. The maximum Gasteiger partial charge on any atom is 0.410 e. The van der Waals surface area contributed by atoms with E-state index in [0.29, 0.717) is 23.2 Å². The van der Waals surface area contributed by atoms with Gasteiger partial charge in [-0.2, -0.15) is 5.10 Å². The number of pyridine rings is 1. The third-order valence-electron chi connectivity index (χ3n) is 5.21. The molecule has 2 N–H and O–H groups in total. The molecule has 4 aromatic rings. The standard InChI is InChI=1S/C27H29ClN6O2/c1-27(2,3)36-26(35)34(17-19-8-5-4-6-9-19)18-23(30-22-11-7-10-21(28)16-22)25-31-24(32-33-25)20-12-14-29-15-13-20/h4-16,23,30H,17-18H2,1-3H3,(H,31,32,33). The second-order valence-electron chi connectivity index (χ2n) is 9.33. The Morgan fingerprint density at radius 3 is 2.53 bits per heavy atom. The second kappa shape index (κ2) is 11.2. The van der Waals surface area contributed by atoms with Crippen LogP contribution >= 0.6 is 11.6 Å². The molecule has 0 aliphatic carbocycles. The lowest BCUT2D eigenvalue weighted by Gasteiger charge is -2.30. The fraction of sp³-hybridized carbons (Fsp3) is 0.259. The van der Waals surface area contributed by atoms with Crippen molar-refractivity contribution in [2.45, 2.75) is 39.0 Å². The molecule has 8 nitrogen and oxygen atoms in total. The molecule has 0 aliphatic rings. The van der Waals surface area contributed by atoms with Crippen molar-refractivity contribution in [2.24, 2.45) is 0 Å². The van der Waals surface area contributed by atoms with E-state index in [1.54, 1.807) is 23.4 Å². The topological polar surface area (TPSA) is 96.0 Å². The van der Waals surface area contributed by atoms with Crippen molar-refractivity contribution in [3.05, 3.63) is 95.5 Å². The van der Waals surface area contributed by atoms with E-state index >= 15 is 0 Å². The quantitative estimate of drug-likeness (QED) is 0.300. The number of amides is 1. The van der Waals surface area contributed by atoms with Gasteiger partial charge in [0.25, 0.3) is 0 Å². The Kier molecular flexibility index (Phi) is 7.85. The number of H-pyrrole nitrogens is 1. The predicted octanol–water partition coefficient (Wildman–Crippen LogP) is 6.11. The van der Waals surface area contributed by atoms with Gasteiger partial charge in [0.05, 0.1) is 6.54 Å². The van der Waals surface area contributed by atoms with Gasteiger partial charge < -0.3 is 15.0 Å². The summed E-state index contributed by atoms with van der Waals surface area (Å²) in [5.41, 5.74) is 1.98. The summed E-state index contributed by atoms with van der Waals surface area (Å²) in [6.45, 7) is 6.19. The van der Waals surface area contributed by atoms with Crippen molar-refractivity contribution in [1.82, 2.24) is 25.1 Å². The van der Waals surface area contributed by atoms with Crippen LogP contribution in [-0.4, -0.2) is 43.3 Å². The summed E-state index contributed by atoms with van der Waals surface area (Å²) in [7, 11) is 0. The third-order valence-corrected chi connectivity index (χ3v) is 5.44. The van der Waals surface area contributed by atoms with Gasteiger partial charge in [-0.25, -0.2) is 9.78 Å². The monoisotopic (exact) mass is 504 g/mol. The van der Waals surface area contributed by atoms with Gasteiger partial charge in [-0.15, -0.1) is 0 Å². The summed E-state index contributed by atoms with van der Waals surface area (Å²) in [6.07, 6.45) is 2.96. The van der Waals surface area contributed by atoms with E-state index in [9.17, 15) is 4.79 Å². The van der Waals surface area contributed by atoms with Crippen LogP contribution in [0.25, 0.3) is 11.4 Å². The minimum Gasteiger partial charge on any atom is -0.444 e. The minimum absolute atomic E-state index is 0.265. The molecule has 186 valence electrons. The van der Waals surface area contributed by atoms with Crippen molar-refractivity contribution in [1.29, 1.82) is 0 Å². The lowest BCUT2D eigenvalue weighted by Crippen LogP contribution is -2.40. The van der Waals surface area contributed by atoms with Gasteiger partial charge in [0.2, 0.25) is 0 Å². The molecule has 0 bridgehead atoms. The van der Waals surface area contributed by atoms with Gasteiger partial charge in [0, 0.05) is 35.2 Å². The Bertz CT molecular complexity index is 1270. The SMILES string of the molecule is CC(C)(C)OC(=O)N(Cc1ccccc1)CC(Nc1cccc(Cl)c1)c1nc(-c2ccncc2)n[nH]1. The number of hydrogen-bond acceptors (Lipinski definition) is 6. The number of benzene rings is 2. The van der Waals surface area contributed by atoms with E-state index in [4.69, 9.17) is 21.3 Å². The van der Waals surface area contributed by atoms with Crippen LogP contribution in [0.1, 0.15) is 38.2 Å². The van der Waals surface area contributed by atoms with Crippen molar-refractivity contribution in [3.63, 3.8) is 0 Å². The first kappa shape index (κ1) is 25.2. The number of aromatic nitrogens is 4. The first-order chi connectivity index (χ1) is 17.3. The Morgan fingerprint density at radius 2 is 1.83 bits per heavy atom. The molecule has 2 heterocycles. The zero-order chi connectivity index (χ0) is 25.5. The lowest BCUT2D eigenvalue weighted by molar-refractivity contribution is 0.0224. The van der Waals surface area contributed by atoms with Crippen molar-refractivity contribution >= 4 is 23.4 Å². The summed E-state index contributed by atoms with van der Waals surface area (Å²) < 4.78 is 5.74. The molecule has 0 saturated heterocycles. The summed E-state index contributed by atoms with van der Waals surface area (Å²) in [5.74, 6) is 1.11. The van der Waals surface area contributed by atoms with E-state index in [0.717, 1.165) is 16.8 Å². The predicted molar refractivity (Wildman–Crippen MR) is 141 cm³/mol. The number of ether oxygens (including phenoxy) is 1. The zero-order valence-corrected chi connectivity index (χ0v) is 21.2. The van der Waals surface area contributed by atoms with Crippen LogP contribution in [0, 0.1) is 0 Å². The molecule has 0 saturated carbocycles. The van der Waals surface area contributed by atoms with Crippen LogP contribution in [0.3, 0.4) is 0 Å². The Labute approximate surface area is 215 Å². The van der Waals surface area contributed by atoms with E-state index in [2.05, 4.69) is 20.5 Å². The zero-order valence-electron chi connectivity index (χ0n) is 20.5. The molecule has 2 aromatic carbocycles. The Morgan fingerprint density at radius 1 is 1.08 bits per heavy atom. The number of aromatic amines is 1. The van der Waals surface area contributed by atoms with Gasteiger partial charge in [-0.05, 0) is 56.7 Å². The molecular formula is C27H29ClN6O2. The average molecular weight is 505 g/mol. The number of carbonyl (C=O) groups is 1. The number of nitrogens with zero attached hydrogens (tertiary/aromatic N) is 4. The van der Waals surface area contributed by atoms with Gasteiger partial charge in [0.1, 0.15) is 17.5 Å². The van der Waals surface area contributed by atoms with E-state index in [-0.39, 0.29) is 6.54 Å². The van der Waals surface area contributed by atoms with Gasteiger partial charge in [0.15, 0.2) is 5.82 Å². The molecule has 0 radical (unpaired) electrons. The number of rotatable bonds is 8. The van der Waals surface area contributed by atoms with E-state index in [1.165, 1.54) is 0 Å². The first-order valence-corrected chi connectivity index (χ1v) is 12.0. The van der Waals surface area contributed by atoms with E-state index < -0.39 is 17.7 Å². The largest absolute Gasteiger partial charge is 0.444 e. The van der Waals surface area contributed by atoms with Gasteiger partial charge >= 0.3 is 6.09 Å². The van der Waals surface area contributed by atoms with Crippen molar-refractivity contribution in [3.8, 4) is 11.4 Å². The highest BCUT2D eigenvalue weighted by Crippen LogP contribution is 2.24. The molecule has 1 atom stereocenters. The summed E-state index contributed by atoms with van der Waals surface area (Å²) in [4.78, 5) is 23.7. The highest BCUT2D eigenvalue weighted by Gasteiger charge is 2.27. The van der Waals surface area contributed by atoms with Crippen LogP contribution in [0.4, 0.5) is 10.5 Å². The smallest absolute Gasteiger partial charge is 0.410 e. The first-order valence-electron chi connectivity index (χ1n) is 11.6. The molecule has 0 fully saturated rings. The molecule has 1 unspecified atom stereocenters. The fourth-order valence-corrected chi connectivity index (χ4v) is 3.78. The minimum atomic E-state index is -0.636. The molecule has 0 aliphatic heterocycles. The fourth-order valence-electron chi connectivity index (χ4n) is 3.59. The molecule has 0 spiro atoms. The highest BCUT2D eigenvalue weighted by atomic mass is 35.5. The molecular weight excluding hydrogens is 476 g/mol. The maximum atomic E-state index is 13.3. The number of hydrogen-bond donors (Lipinski definition) is 2. The second-order valence-corrected chi connectivity index (χ2v) is 9.77. The summed E-state index contributed by atoms with van der Waals surface area (Å²) in [5, 5.41) is 11.5. The third kappa shape index (κ3) is 7.05. The van der Waals surface area contributed by atoms with Crippen LogP contribution in [0.15, 0.2) is 79.1 Å². The molecule has 36 heavy (non-hydrogen) atoms. The van der Waals surface area contributed by atoms with Crippen LogP contribution in [0.5, 0.6) is 0 Å².